The number of nitrogens with zero attached hydrogens (tertiary/aromatic N) is 2. The lowest BCUT2D eigenvalue weighted by Crippen LogP contribution is -2.27. The number of carbonyl (C=O) groups excluding carboxylic acids is 2. The van der Waals surface area contributed by atoms with Gasteiger partial charge in [0.15, 0.2) is 0 Å². The van der Waals surface area contributed by atoms with Crippen LogP contribution in [-0.2, 0) is 6.54 Å². The van der Waals surface area contributed by atoms with Crippen LogP contribution in [0.4, 0.5) is 19.0 Å². The summed E-state index contributed by atoms with van der Waals surface area (Å²) in [5, 5.41) is 6.97. The molecule has 1 unspecified atom stereocenters. The van der Waals surface area contributed by atoms with Gasteiger partial charge in [-0.05, 0) is 43.0 Å². The summed E-state index contributed by atoms with van der Waals surface area (Å²) in [7, 11) is 0. The van der Waals surface area contributed by atoms with Gasteiger partial charge in [-0.3, -0.25) is 9.59 Å². The Balaban J connectivity index is 1.56. The van der Waals surface area contributed by atoms with E-state index in [0.29, 0.717) is 17.5 Å². The Morgan fingerprint density at radius 1 is 1.21 bits per heavy atom. The smallest absolute Gasteiger partial charge is 0.270 e. The van der Waals surface area contributed by atoms with Crippen molar-refractivity contribution in [3.8, 4) is 11.3 Å². The van der Waals surface area contributed by atoms with Crippen LogP contribution in [0.2, 0.25) is 0 Å². The van der Waals surface area contributed by atoms with E-state index < -0.39 is 29.6 Å². The van der Waals surface area contributed by atoms with Crippen LogP contribution in [0, 0.1) is 12.7 Å². The summed E-state index contributed by atoms with van der Waals surface area (Å²) < 4.78 is 43.1. The van der Waals surface area contributed by atoms with E-state index in [9.17, 15) is 22.8 Å². The predicted molar refractivity (Wildman–Crippen MR) is 121 cm³/mol. The summed E-state index contributed by atoms with van der Waals surface area (Å²) in [6.07, 6.45) is 0.251. The van der Waals surface area contributed by atoms with E-state index in [-0.39, 0.29) is 42.0 Å². The fraction of sp³-hybridized carbons (Fsp3) is 0.292. The third-order valence-electron chi connectivity index (χ3n) is 6.09. The van der Waals surface area contributed by atoms with Crippen molar-refractivity contribution in [3.05, 3.63) is 70.5 Å². The number of aryl methyl sites for hydroxylation is 1. The highest BCUT2D eigenvalue weighted by Crippen LogP contribution is 2.45. The minimum atomic E-state index is -2.98. The van der Waals surface area contributed by atoms with Gasteiger partial charge >= 0.3 is 0 Å². The monoisotopic (exact) mass is 471 g/mol. The number of benzene rings is 2. The van der Waals surface area contributed by atoms with Gasteiger partial charge in [0.05, 0.1) is 0 Å². The molecule has 0 bridgehead atoms. The Morgan fingerprint density at radius 2 is 1.91 bits per heavy atom. The third kappa shape index (κ3) is 4.35. The zero-order valence-corrected chi connectivity index (χ0v) is 18.4. The molecule has 1 aromatic heterocycles. The lowest BCUT2D eigenvalue weighted by atomic mass is 10.0. The van der Waals surface area contributed by atoms with Crippen LogP contribution in [0.5, 0.6) is 0 Å². The highest BCUT2D eigenvalue weighted by molar-refractivity contribution is 6.03. The molecule has 10 heteroatoms. The van der Waals surface area contributed by atoms with Gasteiger partial charge in [-0.1, -0.05) is 30.3 Å². The molecule has 0 aliphatic heterocycles. The lowest BCUT2D eigenvalue weighted by molar-refractivity contribution is -0.0336. The number of nitrogen functional groups attached to an aromatic ring is 1. The average molecular weight is 471 g/mol. The number of hydrogen-bond donors (Lipinski definition) is 3. The molecule has 1 fully saturated rings. The molecule has 2 amide bonds. The number of alkyl halides is 2. The van der Waals surface area contributed by atoms with E-state index in [4.69, 9.17) is 11.5 Å². The molecule has 1 saturated carbocycles. The number of nitrogens with one attached hydrogen (secondary N) is 1. The van der Waals surface area contributed by atoms with Gasteiger partial charge in [-0.15, -0.1) is 0 Å². The van der Waals surface area contributed by atoms with Crippen molar-refractivity contribution in [1.82, 2.24) is 15.1 Å². The number of carbonyl (C=O) groups is 2. The van der Waals surface area contributed by atoms with Gasteiger partial charge < -0.3 is 16.8 Å². The molecule has 0 spiro atoms. The van der Waals surface area contributed by atoms with Gasteiger partial charge in [0.1, 0.15) is 28.9 Å². The molecule has 1 aliphatic carbocycles. The minimum absolute atomic E-state index is 0.106. The summed E-state index contributed by atoms with van der Waals surface area (Å²) in [5.74, 6) is -4.94. The number of nitrogens with two attached hydrogens (primary N) is 2. The van der Waals surface area contributed by atoms with Crippen LogP contribution in [0.1, 0.15) is 57.1 Å². The van der Waals surface area contributed by atoms with Gasteiger partial charge in [-0.2, -0.15) is 5.10 Å². The van der Waals surface area contributed by atoms with Gasteiger partial charge in [-0.25, -0.2) is 17.9 Å². The highest BCUT2D eigenvalue weighted by Gasteiger charge is 2.47. The predicted octanol–water partition coefficient (Wildman–Crippen LogP) is 3.97. The lowest BCUT2D eigenvalue weighted by Gasteiger charge is -2.20. The summed E-state index contributed by atoms with van der Waals surface area (Å²) in [4.78, 5) is 24.5. The summed E-state index contributed by atoms with van der Waals surface area (Å²) in [5.41, 5.74) is 13.6. The zero-order valence-electron chi connectivity index (χ0n) is 18.4. The quantitative estimate of drug-likeness (QED) is 0.504. The molecule has 4 rings (SSSR count). The Kier molecular flexibility index (Phi) is 6.07. The molecule has 2 aromatic carbocycles. The maximum absolute atomic E-state index is 14.3. The second-order valence-corrected chi connectivity index (χ2v) is 8.43. The Morgan fingerprint density at radius 3 is 2.53 bits per heavy atom. The van der Waals surface area contributed by atoms with Crippen LogP contribution in [0.3, 0.4) is 0 Å². The first-order valence-electron chi connectivity index (χ1n) is 10.8. The van der Waals surface area contributed by atoms with Crippen molar-refractivity contribution in [1.29, 1.82) is 0 Å². The molecule has 7 nitrogen and oxygen atoms in total. The molecule has 34 heavy (non-hydrogen) atoms. The molecule has 0 saturated heterocycles. The zero-order chi connectivity index (χ0) is 24.6. The molecule has 0 radical (unpaired) electrons. The summed E-state index contributed by atoms with van der Waals surface area (Å²) in [6.45, 7) is 1.88. The fourth-order valence-electron chi connectivity index (χ4n) is 4.24. The van der Waals surface area contributed by atoms with Crippen molar-refractivity contribution in [2.24, 2.45) is 5.73 Å². The van der Waals surface area contributed by atoms with E-state index in [1.54, 1.807) is 31.2 Å². The van der Waals surface area contributed by atoms with Crippen molar-refractivity contribution in [2.75, 3.05) is 5.73 Å². The van der Waals surface area contributed by atoms with Crippen LogP contribution in [0.25, 0.3) is 11.3 Å². The van der Waals surface area contributed by atoms with E-state index >= 15 is 0 Å². The van der Waals surface area contributed by atoms with E-state index in [1.165, 1.54) is 18.2 Å². The number of primary amides is 1. The largest absolute Gasteiger partial charge is 0.383 e. The number of rotatable bonds is 6. The van der Waals surface area contributed by atoms with Crippen LogP contribution in [0.15, 0.2) is 42.5 Å². The van der Waals surface area contributed by atoms with Crippen molar-refractivity contribution in [3.63, 3.8) is 0 Å². The molecular weight excluding hydrogens is 447 g/mol. The average Bonchev–Trinajstić information content (AvgIpc) is 3.32. The number of aromatic nitrogens is 2. The summed E-state index contributed by atoms with van der Waals surface area (Å²) in [6, 6.07) is 9.42. The highest BCUT2D eigenvalue weighted by atomic mass is 19.3. The second kappa shape index (κ2) is 8.85. The summed E-state index contributed by atoms with van der Waals surface area (Å²) >= 11 is 0. The van der Waals surface area contributed by atoms with Crippen LogP contribution >= 0.6 is 0 Å². The van der Waals surface area contributed by atoms with E-state index in [1.807, 2.05) is 0 Å². The van der Waals surface area contributed by atoms with Crippen molar-refractivity contribution >= 4 is 17.6 Å². The van der Waals surface area contributed by atoms with Crippen molar-refractivity contribution in [2.45, 2.75) is 44.7 Å². The maximum atomic E-state index is 14.3. The number of anilines is 1. The SMILES string of the molecule is Cc1ccc(F)cc1C(=O)NCc1ccc(-c2nn(C3CCCC3(F)F)c(N)c2C(N)=O)cc1. The Bertz CT molecular complexity index is 1250. The topological polar surface area (TPSA) is 116 Å². The van der Waals surface area contributed by atoms with Crippen LogP contribution < -0.4 is 16.8 Å². The molecule has 3 aromatic rings. The number of halogens is 3. The van der Waals surface area contributed by atoms with Crippen molar-refractivity contribution < 1.29 is 22.8 Å². The van der Waals surface area contributed by atoms with Gasteiger partial charge in [0, 0.05) is 24.1 Å². The molecule has 1 aliphatic rings. The molecule has 5 N–H and O–H groups in total. The first kappa shape index (κ1) is 23.3. The maximum Gasteiger partial charge on any atom is 0.270 e. The molecule has 1 atom stereocenters. The second-order valence-electron chi connectivity index (χ2n) is 8.43. The first-order chi connectivity index (χ1) is 16.1. The Labute approximate surface area is 193 Å². The van der Waals surface area contributed by atoms with Gasteiger partial charge in [0.2, 0.25) is 0 Å². The standard InChI is InChI=1S/C24H24F3N5O2/c1-13-4-9-16(25)11-17(13)23(34)30-12-14-5-7-15(8-6-14)20-19(22(29)33)21(28)32(31-20)18-3-2-10-24(18,26)27/h4-9,11,18H,2-3,10,12,28H2,1H3,(H2,29,33)(H,30,34). The third-order valence-corrected chi connectivity index (χ3v) is 6.09. The molecular formula is C24H24F3N5O2. The van der Waals surface area contributed by atoms with Crippen LogP contribution in [-0.4, -0.2) is 27.5 Å². The number of hydrogen-bond acceptors (Lipinski definition) is 4. The Hall–Kier alpha value is -3.82. The normalized spacial score (nSPS) is 17.0. The first-order valence-corrected chi connectivity index (χ1v) is 10.8. The molecule has 1 heterocycles. The molecule has 178 valence electrons. The fourth-order valence-corrected chi connectivity index (χ4v) is 4.24. The number of amides is 2. The minimum Gasteiger partial charge on any atom is -0.383 e. The van der Waals surface area contributed by atoms with E-state index in [0.717, 1.165) is 10.2 Å². The van der Waals surface area contributed by atoms with Gasteiger partial charge in [0.25, 0.3) is 17.7 Å². The van der Waals surface area contributed by atoms with E-state index in [2.05, 4.69) is 10.4 Å².